The first-order valence-electron chi connectivity index (χ1n) is 6.48. The van der Waals surface area contributed by atoms with Crippen LogP contribution in [0.1, 0.15) is 39.0 Å². The summed E-state index contributed by atoms with van der Waals surface area (Å²) in [5, 5.41) is 14.1. The van der Waals surface area contributed by atoms with Crippen LogP contribution in [-0.4, -0.2) is 35.1 Å². The van der Waals surface area contributed by atoms with Crippen molar-refractivity contribution >= 4 is 17.9 Å². The highest BCUT2D eigenvalue weighted by atomic mass is 16.4. The number of carboxylic acids is 1. The van der Waals surface area contributed by atoms with Gasteiger partial charge in [-0.05, 0) is 25.2 Å². The maximum Gasteiger partial charge on any atom is 0.326 e. The lowest BCUT2D eigenvalue weighted by Crippen LogP contribution is -2.49. The topological polar surface area (TPSA) is 122 Å². The SMILES string of the molecule is CC1CCCC1NC(=O)N[C@@H](CCC(N)=O)C(=O)O. The molecule has 1 aliphatic rings. The molecule has 1 rings (SSSR count). The van der Waals surface area contributed by atoms with Crippen molar-refractivity contribution in [2.75, 3.05) is 0 Å². The van der Waals surface area contributed by atoms with E-state index in [2.05, 4.69) is 17.6 Å². The van der Waals surface area contributed by atoms with E-state index >= 15 is 0 Å². The number of primary amides is 1. The van der Waals surface area contributed by atoms with Gasteiger partial charge in [0.25, 0.3) is 0 Å². The molecule has 3 amide bonds. The highest BCUT2D eigenvalue weighted by molar-refractivity contribution is 5.83. The maximum absolute atomic E-state index is 11.7. The van der Waals surface area contributed by atoms with Gasteiger partial charge in [0.15, 0.2) is 0 Å². The smallest absolute Gasteiger partial charge is 0.326 e. The zero-order chi connectivity index (χ0) is 14.4. The van der Waals surface area contributed by atoms with Crippen molar-refractivity contribution in [2.45, 2.75) is 51.1 Å². The largest absolute Gasteiger partial charge is 0.480 e. The molecule has 1 aliphatic carbocycles. The fourth-order valence-corrected chi connectivity index (χ4v) is 2.27. The molecular weight excluding hydrogens is 250 g/mol. The van der Waals surface area contributed by atoms with Crippen LogP contribution in [0.4, 0.5) is 4.79 Å². The summed E-state index contributed by atoms with van der Waals surface area (Å²) < 4.78 is 0. The Kier molecular flexibility index (Phi) is 5.59. The lowest BCUT2D eigenvalue weighted by Gasteiger charge is -2.20. The standard InChI is InChI=1S/C12H21N3O4/c1-7-3-2-4-8(7)14-12(19)15-9(11(17)18)5-6-10(13)16/h7-9H,2-6H2,1H3,(H2,13,16)(H,17,18)(H2,14,15,19)/t7?,8?,9-/m0/s1. The van der Waals surface area contributed by atoms with Gasteiger partial charge in [0.1, 0.15) is 6.04 Å². The number of amides is 3. The Bertz CT molecular complexity index is 359. The van der Waals surface area contributed by atoms with E-state index in [0.717, 1.165) is 19.3 Å². The van der Waals surface area contributed by atoms with Gasteiger partial charge in [-0.2, -0.15) is 0 Å². The minimum atomic E-state index is -1.17. The summed E-state index contributed by atoms with van der Waals surface area (Å²) in [4.78, 5) is 33.3. The molecule has 7 heteroatoms. The van der Waals surface area contributed by atoms with E-state index in [1.165, 1.54) is 0 Å². The van der Waals surface area contributed by atoms with Gasteiger partial charge < -0.3 is 21.5 Å². The van der Waals surface area contributed by atoms with Crippen molar-refractivity contribution in [1.29, 1.82) is 0 Å². The quantitative estimate of drug-likeness (QED) is 0.551. The molecule has 0 aliphatic heterocycles. The second-order valence-electron chi connectivity index (χ2n) is 5.03. The van der Waals surface area contributed by atoms with Gasteiger partial charge in [0.2, 0.25) is 5.91 Å². The highest BCUT2D eigenvalue weighted by Gasteiger charge is 2.26. The summed E-state index contributed by atoms with van der Waals surface area (Å²) in [7, 11) is 0. The first-order chi connectivity index (χ1) is 8.90. The third-order valence-corrected chi connectivity index (χ3v) is 3.46. The lowest BCUT2D eigenvalue weighted by atomic mass is 10.1. The van der Waals surface area contributed by atoms with E-state index in [4.69, 9.17) is 10.8 Å². The average molecular weight is 271 g/mol. The van der Waals surface area contributed by atoms with Gasteiger partial charge in [0, 0.05) is 12.5 Å². The molecule has 0 radical (unpaired) electrons. The normalized spacial score (nSPS) is 23.6. The van der Waals surface area contributed by atoms with E-state index in [1.807, 2.05) is 0 Å². The number of hydrogen-bond donors (Lipinski definition) is 4. The van der Waals surface area contributed by atoms with Crippen LogP contribution in [-0.2, 0) is 9.59 Å². The number of rotatable bonds is 6. The van der Waals surface area contributed by atoms with Crippen LogP contribution in [0.15, 0.2) is 0 Å². The Labute approximate surface area is 111 Å². The third kappa shape index (κ3) is 5.15. The number of nitrogens with one attached hydrogen (secondary N) is 2. The molecule has 0 aromatic rings. The maximum atomic E-state index is 11.7. The van der Waals surface area contributed by atoms with Crippen molar-refractivity contribution in [3.8, 4) is 0 Å². The summed E-state index contributed by atoms with van der Waals surface area (Å²) in [6.07, 6.45) is 2.97. The van der Waals surface area contributed by atoms with Crippen LogP contribution in [0, 0.1) is 5.92 Å². The van der Waals surface area contributed by atoms with Gasteiger partial charge in [0.05, 0.1) is 0 Å². The number of hydrogen-bond acceptors (Lipinski definition) is 3. The Morgan fingerprint density at radius 3 is 2.53 bits per heavy atom. The van der Waals surface area contributed by atoms with Gasteiger partial charge in [-0.1, -0.05) is 13.3 Å². The van der Waals surface area contributed by atoms with Crippen molar-refractivity contribution in [1.82, 2.24) is 10.6 Å². The molecule has 2 unspecified atom stereocenters. The van der Waals surface area contributed by atoms with Crippen LogP contribution >= 0.6 is 0 Å². The van der Waals surface area contributed by atoms with Crippen LogP contribution in [0.3, 0.4) is 0 Å². The molecule has 108 valence electrons. The summed E-state index contributed by atoms with van der Waals surface area (Å²) >= 11 is 0. The Balaban J connectivity index is 2.42. The fraction of sp³-hybridized carbons (Fsp3) is 0.750. The molecule has 0 saturated heterocycles. The summed E-state index contributed by atoms with van der Waals surface area (Å²) in [6.45, 7) is 2.06. The van der Waals surface area contributed by atoms with E-state index in [0.29, 0.717) is 5.92 Å². The summed E-state index contributed by atoms with van der Waals surface area (Å²) in [6, 6.07) is -1.51. The van der Waals surface area contributed by atoms with Crippen molar-refractivity contribution in [3.05, 3.63) is 0 Å². The molecule has 0 spiro atoms. The molecule has 0 bridgehead atoms. The second kappa shape index (κ2) is 6.96. The average Bonchev–Trinajstić information content (AvgIpc) is 2.69. The van der Waals surface area contributed by atoms with Crippen LogP contribution < -0.4 is 16.4 Å². The zero-order valence-corrected chi connectivity index (χ0v) is 11.0. The minimum absolute atomic E-state index is 0.00168. The van der Waals surface area contributed by atoms with E-state index in [-0.39, 0.29) is 18.9 Å². The molecule has 0 aromatic heterocycles. The summed E-state index contributed by atoms with van der Waals surface area (Å²) in [5.41, 5.74) is 4.96. The molecular formula is C12H21N3O4. The zero-order valence-electron chi connectivity index (χ0n) is 11.0. The van der Waals surface area contributed by atoms with Crippen molar-refractivity contribution in [3.63, 3.8) is 0 Å². The number of aliphatic carboxylic acids is 1. The van der Waals surface area contributed by atoms with Crippen LogP contribution in [0.5, 0.6) is 0 Å². The van der Waals surface area contributed by atoms with Gasteiger partial charge >= 0.3 is 12.0 Å². The van der Waals surface area contributed by atoms with Crippen molar-refractivity contribution in [2.24, 2.45) is 11.7 Å². The Morgan fingerprint density at radius 1 is 1.37 bits per heavy atom. The number of urea groups is 1. The minimum Gasteiger partial charge on any atom is -0.480 e. The first-order valence-corrected chi connectivity index (χ1v) is 6.48. The number of carboxylic acid groups (broad SMARTS) is 1. The number of nitrogens with two attached hydrogens (primary N) is 1. The molecule has 19 heavy (non-hydrogen) atoms. The number of carbonyl (C=O) groups excluding carboxylic acids is 2. The van der Waals surface area contributed by atoms with E-state index in [9.17, 15) is 14.4 Å². The molecule has 5 N–H and O–H groups in total. The highest BCUT2D eigenvalue weighted by Crippen LogP contribution is 2.24. The molecule has 7 nitrogen and oxygen atoms in total. The third-order valence-electron chi connectivity index (χ3n) is 3.46. The first kappa shape index (κ1) is 15.3. The Hall–Kier alpha value is -1.79. The van der Waals surface area contributed by atoms with E-state index in [1.54, 1.807) is 0 Å². The summed E-state index contributed by atoms with van der Waals surface area (Å²) in [5.74, 6) is -1.35. The molecule has 1 saturated carbocycles. The molecule has 0 heterocycles. The van der Waals surface area contributed by atoms with Crippen molar-refractivity contribution < 1.29 is 19.5 Å². The molecule has 1 fully saturated rings. The second-order valence-corrected chi connectivity index (χ2v) is 5.03. The lowest BCUT2D eigenvalue weighted by molar-refractivity contribution is -0.139. The Morgan fingerprint density at radius 2 is 2.05 bits per heavy atom. The van der Waals surface area contributed by atoms with Gasteiger partial charge in [-0.3, -0.25) is 4.79 Å². The molecule has 3 atom stereocenters. The van der Waals surface area contributed by atoms with E-state index < -0.39 is 23.9 Å². The van der Waals surface area contributed by atoms with Gasteiger partial charge in [-0.25, -0.2) is 9.59 Å². The predicted octanol–water partition coefficient (Wildman–Crippen LogP) is 0.193. The predicted molar refractivity (Wildman–Crippen MR) is 68.3 cm³/mol. The van der Waals surface area contributed by atoms with Crippen LogP contribution in [0.2, 0.25) is 0 Å². The van der Waals surface area contributed by atoms with Gasteiger partial charge in [-0.15, -0.1) is 0 Å². The monoisotopic (exact) mass is 271 g/mol. The molecule has 0 aromatic carbocycles. The van der Waals surface area contributed by atoms with Crippen LogP contribution in [0.25, 0.3) is 0 Å². The number of carbonyl (C=O) groups is 3. The fourth-order valence-electron chi connectivity index (χ4n) is 2.27.